The molecule has 166 valence electrons. The molecule has 0 bridgehead atoms. The van der Waals surface area contributed by atoms with Gasteiger partial charge in [-0.1, -0.05) is 0 Å². The van der Waals surface area contributed by atoms with Crippen molar-refractivity contribution in [2.45, 2.75) is 76.3 Å². The fourth-order valence-electron chi connectivity index (χ4n) is 4.53. The SMILES string of the molecule is CC(C)S(=O)(=O)N1CCc2nc([C@@H]3CCCCN3C(=O)[C@H]3CCCO3)[nH]c(=O)c2C1. The Balaban J connectivity index is 1.61. The van der Waals surface area contributed by atoms with Gasteiger partial charge in [-0.2, -0.15) is 4.31 Å². The number of aromatic amines is 1. The van der Waals surface area contributed by atoms with Crippen LogP contribution in [0.1, 0.15) is 69.1 Å². The maximum absolute atomic E-state index is 13.0. The first kappa shape index (κ1) is 21.5. The summed E-state index contributed by atoms with van der Waals surface area (Å²) in [7, 11) is -3.43. The first-order chi connectivity index (χ1) is 14.3. The molecule has 2 saturated heterocycles. The summed E-state index contributed by atoms with van der Waals surface area (Å²) in [6.07, 6.45) is 4.24. The van der Waals surface area contributed by atoms with Crippen LogP contribution in [0.15, 0.2) is 4.79 Å². The van der Waals surface area contributed by atoms with Crippen molar-refractivity contribution in [1.82, 2.24) is 19.2 Å². The van der Waals surface area contributed by atoms with Gasteiger partial charge in [0.15, 0.2) is 0 Å². The Morgan fingerprint density at radius 1 is 1.20 bits per heavy atom. The number of nitrogens with one attached hydrogen (secondary N) is 1. The molecule has 0 aromatic carbocycles. The zero-order chi connectivity index (χ0) is 21.5. The molecule has 0 spiro atoms. The molecule has 1 N–H and O–H groups in total. The standard InChI is InChI=1S/C20H30N4O5S/c1-13(2)30(27,28)23-10-8-15-14(12-23)19(25)22-18(21-15)16-6-3-4-9-24(16)20(26)17-7-5-11-29-17/h13,16-17H,3-12H2,1-2H3,(H,21,22,25)/t16-,17+/m0/s1. The molecule has 0 unspecified atom stereocenters. The maximum atomic E-state index is 13.0. The Kier molecular flexibility index (Phi) is 6.00. The van der Waals surface area contributed by atoms with Crippen LogP contribution in [0.4, 0.5) is 0 Å². The number of hydrogen-bond acceptors (Lipinski definition) is 6. The quantitative estimate of drug-likeness (QED) is 0.753. The predicted octanol–water partition coefficient (Wildman–Crippen LogP) is 1.10. The molecule has 30 heavy (non-hydrogen) atoms. The predicted molar refractivity (Wildman–Crippen MR) is 110 cm³/mol. The minimum absolute atomic E-state index is 0.0215. The molecule has 0 aliphatic carbocycles. The van der Waals surface area contributed by atoms with Crippen LogP contribution in [-0.4, -0.2) is 64.5 Å². The Morgan fingerprint density at radius 2 is 2.00 bits per heavy atom. The van der Waals surface area contributed by atoms with E-state index in [9.17, 15) is 18.0 Å². The van der Waals surface area contributed by atoms with E-state index in [4.69, 9.17) is 9.72 Å². The molecule has 4 rings (SSSR count). The Bertz CT molecular complexity index is 968. The molecule has 1 aromatic rings. The van der Waals surface area contributed by atoms with Gasteiger partial charge in [0.25, 0.3) is 11.5 Å². The molecular weight excluding hydrogens is 408 g/mol. The molecule has 0 radical (unpaired) electrons. The van der Waals surface area contributed by atoms with Crippen molar-refractivity contribution in [3.05, 3.63) is 27.4 Å². The number of piperidine rings is 1. The molecule has 9 nitrogen and oxygen atoms in total. The number of ether oxygens (including phenoxy) is 1. The van der Waals surface area contributed by atoms with Crippen molar-refractivity contribution in [2.24, 2.45) is 0 Å². The number of fused-ring (bicyclic) bond motifs is 1. The van der Waals surface area contributed by atoms with Crippen LogP contribution in [0.2, 0.25) is 0 Å². The van der Waals surface area contributed by atoms with Gasteiger partial charge < -0.3 is 14.6 Å². The number of rotatable bonds is 4. The lowest BCUT2D eigenvalue weighted by molar-refractivity contribution is -0.145. The lowest BCUT2D eigenvalue weighted by Crippen LogP contribution is -2.46. The zero-order valence-electron chi connectivity index (χ0n) is 17.6. The highest BCUT2D eigenvalue weighted by atomic mass is 32.2. The number of amides is 1. The molecule has 3 aliphatic heterocycles. The van der Waals surface area contributed by atoms with Crippen LogP contribution < -0.4 is 5.56 Å². The highest BCUT2D eigenvalue weighted by Crippen LogP contribution is 2.31. The van der Waals surface area contributed by atoms with Gasteiger partial charge in [-0.05, 0) is 46.0 Å². The van der Waals surface area contributed by atoms with Gasteiger partial charge in [-0.25, -0.2) is 13.4 Å². The second-order valence-corrected chi connectivity index (χ2v) is 11.1. The maximum Gasteiger partial charge on any atom is 0.255 e. The molecule has 10 heteroatoms. The molecule has 4 heterocycles. The van der Waals surface area contributed by atoms with Crippen LogP contribution in [0.5, 0.6) is 0 Å². The summed E-state index contributed by atoms with van der Waals surface area (Å²) >= 11 is 0. The van der Waals surface area contributed by atoms with Gasteiger partial charge in [0.1, 0.15) is 11.9 Å². The largest absolute Gasteiger partial charge is 0.368 e. The Morgan fingerprint density at radius 3 is 2.70 bits per heavy atom. The Labute approximate surface area is 176 Å². The van der Waals surface area contributed by atoms with Gasteiger partial charge in [-0.3, -0.25) is 9.59 Å². The highest BCUT2D eigenvalue weighted by molar-refractivity contribution is 7.89. The van der Waals surface area contributed by atoms with Crippen LogP contribution in [0.3, 0.4) is 0 Å². The average molecular weight is 439 g/mol. The van der Waals surface area contributed by atoms with E-state index in [-0.39, 0.29) is 24.1 Å². The summed E-state index contributed by atoms with van der Waals surface area (Å²) in [6.45, 7) is 4.87. The second kappa shape index (κ2) is 8.39. The lowest BCUT2D eigenvalue weighted by Gasteiger charge is -2.37. The molecule has 1 amide bonds. The Hall–Kier alpha value is -1.78. The van der Waals surface area contributed by atoms with Crippen molar-refractivity contribution in [3.8, 4) is 0 Å². The van der Waals surface area contributed by atoms with E-state index >= 15 is 0 Å². The average Bonchev–Trinajstić information content (AvgIpc) is 3.27. The molecule has 3 aliphatic rings. The van der Waals surface area contributed by atoms with Gasteiger partial charge in [-0.15, -0.1) is 0 Å². The smallest absolute Gasteiger partial charge is 0.255 e. The van der Waals surface area contributed by atoms with E-state index in [1.807, 2.05) is 4.90 Å². The van der Waals surface area contributed by atoms with Gasteiger partial charge >= 0.3 is 0 Å². The van der Waals surface area contributed by atoms with Crippen LogP contribution in [0.25, 0.3) is 0 Å². The lowest BCUT2D eigenvalue weighted by atomic mass is 9.99. The highest BCUT2D eigenvalue weighted by Gasteiger charge is 2.37. The number of H-pyrrole nitrogens is 1. The van der Waals surface area contributed by atoms with Gasteiger partial charge in [0.05, 0.1) is 22.5 Å². The zero-order valence-corrected chi connectivity index (χ0v) is 18.4. The summed E-state index contributed by atoms with van der Waals surface area (Å²) in [5.41, 5.74) is 0.731. The number of hydrogen-bond donors (Lipinski definition) is 1. The minimum Gasteiger partial charge on any atom is -0.368 e. The second-order valence-electron chi connectivity index (χ2n) is 8.60. The van der Waals surface area contributed by atoms with Crippen molar-refractivity contribution < 1.29 is 17.9 Å². The summed E-state index contributed by atoms with van der Waals surface area (Å²) in [4.78, 5) is 35.2. The number of aromatic nitrogens is 2. The van der Waals surface area contributed by atoms with Crippen molar-refractivity contribution in [1.29, 1.82) is 0 Å². The number of carbonyl (C=O) groups excluding carboxylic acids is 1. The normalized spacial score (nSPS) is 25.5. The van der Waals surface area contributed by atoms with E-state index < -0.39 is 21.4 Å². The van der Waals surface area contributed by atoms with Crippen molar-refractivity contribution in [3.63, 3.8) is 0 Å². The summed E-state index contributed by atoms with van der Waals surface area (Å²) in [5, 5.41) is -0.537. The number of nitrogens with zero attached hydrogens (tertiary/aromatic N) is 3. The van der Waals surface area contributed by atoms with E-state index in [1.54, 1.807) is 13.8 Å². The molecule has 2 fully saturated rings. The summed E-state index contributed by atoms with van der Waals surface area (Å²) in [5.74, 6) is 0.483. The van der Waals surface area contributed by atoms with Crippen LogP contribution in [-0.2, 0) is 32.5 Å². The van der Waals surface area contributed by atoms with Gasteiger partial charge in [0.2, 0.25) is 10.0 Å². The van der Waals surface area contributed by atoms with Crippen LogP contribution in [0, 0.1) is 0 Å². The van der Waals surface area contributed by atoms with Crippen molar-refractivity contribution in [2.75, 3.05) is 19.7 Å². The van der Waals surface area contributed by atoms with E-state index in [1.165, 1.54) is 4.31 Å². The molecule has 1 aromatic heterocycles. The molecule has 0 saturated carbocycles. The molecular formula is C20H30N4O5S. The first-order valence-electron chi connectivity index (χ1n) is 10.8. The third kappa shape index (κ3) is 3.92. The number of sulfonamides is 1. The number of carbonyl (C=O) groups is 1. The topological polar surface area (TPSA) is 113 Å². The van der Waals surface area contributed by atoms with Crippen LogP contribution >= 0.6 is 0 Å². The molecule has 2 atom stereocenters. The minimum atomic E-state index is -3.43. The summed E-state index contributed by atoms with van der Waals surface area (Å²) in [6, 6.07) is -0.272. The monoisotopic (exact) mass is 438 g/mol. The third-order valence-corrected chi connectivity index (χ3v) is 8.54. The van der Waals surface area contributed by atoms with Gasteiger partial charge in [0, 0.05) is 32.7 Å². The summed E-state index contributed by atoms with van der Waals surface area (Å²) < 4.78 is 32.0. The van der Waals surface area contributed by atoms with E-state index in [0.29, 0.717) is 43.2 Å². The number of likely N-dealkylation sites (tertiary alicyclic amines) is 1. The third-order valence-electron chi connectivity index (χ3n) is 6.31. The van der Waals surface area contributed by atoms with E-state index in [0.717, 1.165) is 32.1 Å². The fourth-order valence-corrected chi connectivity index (χ4v) is 5.78. The van der Waals surface area contributed by atoms with E-state index in [2.05, 4.69) is 4.98 Å². The van der Waals surface area contributed by atoms with Crippen molar-refractivity contribution >= 4 is 15.9 Å². The first-order valence-corrected chi connectivity index (χ1v) is 12.3. The fraction of sp³-hybridized carbons (Fsp3) is 0.750.